The van der Waals surface area contributed by atoms with Crippen LogP contribution in [-0.2, 0) is 0 Å². The van der Waals surface area contributed by atoms with Crippen molar-refractivity contribution in [3.05, 3.63) is 0 Å². The van der Waals surface area contributed by atoms with Crippen molar-refractivity contribution in [1.82, 2.24) is 0 Å². The fraction of sp³-hybridized carbons (Fsp3) is 1.00. The largest absolute Gasteiger partial charge is 0.254 e. The third kappa shape index (κ3) is 1.37. The van der Waals surface area contributed by atoms with Crippen molar-refractivity contribution in [2.45, 2.75) is 26.2 Å². The van der Waals surface area contributed by atoms with Crippen LogP contribution in [0.2, 0.25) is 0 Å². The Hall–Kier alpha value is -0.210. The Kier molecular flexibility index (Phi) is 2.17. The van der Waals surface area contributed by atoms with Crippen molar-refractivity contribution in [3.8, 4) is 0 Å². The highest BCUT2D eigenvalue weighted by molar-refractivity contribution is 4.96. The summed E-state index contributed by atoms with van der Waals surface area (Å²) in [6.07, 6.45) is -0.126. The van der Waals surface area contributed by atoms with E-state index < -0.39 is 18.5 Å². The van der Waals surface area contributed by atoms with E-state index in [-0.39, 0.29) is 18.3 Å². The van der Waals surface area contributed by atoms with E-state index in [2.05, 4.69) is 0 Å². The molecule has 3 heteroatoms. The van der Waals surface area contributed by atoms with Crippen molar-refractivity contribution < 1.29 is 13.2 Å². The van der Waals surface area contributed by atoms with Gasteiger partial charge in [0.1, 0.15) is 0 Å². The van der Waals surface area contributed by atoms with Crippen molar-refractivity contribution in [3.63, 3.8) is 0 Å². The first-order valence-corrected chi connectivity index (χ1v) is 3.93. The van der Waals surface area contributed by atoms with Gasteiger partial charge in [-0.2, -0.15) is 0 Å². The van der Waals surface area contributed by atoms with Crippen LogP contribution in [0, 0.1) is 17.8 Å². The van der Waals surface area contributed by atoms with Crippen molar-refractivity contribution in [2.24, 2.45) is 17.8 Å². The SMILES string of the molecule is CC(C)C1CC(F)(F)C1CF. The summed E-state index contributed by atoms with van der Waals surface area (Å²) in [6.45, 7) is 2.85. The summed E-state index contributed by atoms with van der Waals surface area (Å²) in [4.78, 5) is 0. The summed E-state index contributed by atoms with van der Waals surface area (Å²) in [5.74, 6) is -3.68. The highest BCUT2D eigenvalue weighted by Crippen LogP contribution is 2.51. The van der Waals surface area contributed by atoms with Crippen LogP contribution in [0.4, 0.5) is 13.2 Å². The van der Waals surface area contributed by atoms with Gasteiger partial charge in [-0.05, 0) is 11.8 Å². The monoisotopic (exact) mass is 166 g/mol. The molecule has 0 bridgehead atoms. The average molecular weight is 166 g/mol. The summed E-state index contributed by atoms with van der Waals surface area (Å²) in [5.41, 5.74) is 0. The van der Waals surface area contributed by atoms with Gasteiger partial charge in [0.05, 0.1) is 12.6 Å². The molecule has 0 aliphatic heterocycles. The molecule has 0 aromatic rings. The number of halogens is 3. The van der Waals surface area contributed by atoms with Gasteiger partial charge in [0.15, 0.2) is 0 Å². The minimum Gasteiger partial charge on any atom is -0.251 e. The van der Waals surface area contributed by atoms with Gasteiger partial charge >= 0.3 is 0 Å². The molecule has 2 unspecified atom stereocenters. The van der Waals surface area contributed by atoms with Crippen LogP contribution >= 0.6 is 0 Å². The minimum atomic E-state index is -2.73. The zero-order chi connectivity index (χ0) is 8.65. The molecule has 2 atom stereocenters. The zero-order valence-corrected chi connectivity index (χ0v) is 6.78. The molecular weight excluding hydrogens is 153 g/mol. The summed E-state index contributed by atoms with van der Waals surface area (Å²) >= 11 is 0. The summed E-state index contributed by atoms with van der Waals surface area (Å²) in [7, 11) is 0. The smallest absolute Gasteiger partial charge is 0.251 e. The molecular formula is C8H13F3. The lowest BCUT2D eigenvalue weighted by atomic mass is 9.65. The number of rotatable bonds is 2. The number of hydrogen-bond acceptors (Lipinski definition) is 0. The van der Waals surface area contributed by atoms with E-state index in [1.165, 1.54) is 0 Å². The van der Waals surface area contributed by atoms with Gasteiger partial charge in [-0.3, -0.25) is 4.39 Å². The molecule has 66 valence electrons. The fourth-order valence-corrected chi connectivity index (χ4v) is 1.69. The quantitative estimate of drug-likeness (QED) is 0.591. The molecule has 0 aromatic carbocycles. The highest BCUT2D eigenvalue weighted by Gasteiger charge is 2.56. The molecule has 0 amide bonds. The van der Waals surface area contributed by atoms with Crippen LogP contribution in [0.3, 0.4) is 0 Å². The first kappa shape index (κ1) is 8.88. The Morgan fingerprint density at radius 3 is 2.18 bits per heavy atom. The van der Waals surface area contributed by atoms with Gasteiger partial charge in [0.25, 0.3) is 5.92 Å². The Balaban J connectivity index is 2.53. The number of hydrogen-bond donors (Lipinski definition) is 0. The Labute approximate surface area is 64.8 Å². The summed E-state index contributed by atoms with van der Waals surface area (Å²) in [6, 6.07) is 0. The first-order chi connectivity index (χ1) is 4.99. The van der Waals surface area contributed by atoms with Gasteiger partial charge in [-0.1, -0.05) is 13.8 Å². The lowest BCUT2D eigenvalue weighted by Gasteiger charge is -2.45. The molecule has 0 aromatic heterocycles. The molecule has 1 aliphatic carbocycles. The van der Waals surface area contributed by atoms with E-state index in [0.717, 1.165) is 0 Å². The van der Waals surface area contributed by atoms with Gasteiger partial charge in [0, 0.05) is 6.42 Å². The maximum absolute atomic E-state index is 12.6. The van der Waals surface area contributed by atoms with Gasteiger partial charge in [-0.15, -0.1) is 0 Å². The second kappa shape index (κ2) is 2.68. The van der Waals surface area contributed by atoms with Crippen molar-refractivity contribution in [1.29, 1.82) is 0 Å². The lowest BCUT2D eigenvalue weighted by molar-refractivity contribution is -0.190. The molecule has 0 spiro atoms. The Morgan fingerprint density at radius 2 is 2.00 bits per heavy atom. The van der Waals surface area contributed by atoms with Crippen LogP contribution in [0.15, 0.2) is 0 Å². The maximum atomic E-state index is 12.6. The molecule has 0 N–H and O–H groups in total. The van der Waals surface area contributed by atoms with Gasteiger partial charge < -0.3 is 0 Å². The predicted molar refractivity (Wildman–Crippen MR) is 37.4 cm³/mol. The van der Waals surface area contributed by atoms with E-state index >= 15 is 0 Å². The Bertz CT molecular complexity index is 142. The summed E-state index contributed by atoms with van der Waals surface area (Å²) in [5, 5.41) is 0. The van der Waals surface area contributed by atoms with E-state index in [9.17, 15) is 13.2 Å². The first-order valence-electron chi connectivity index (χ1n) is 3.93. The highest BCUT2D eigenvalue weighted by atomic mass is 19.3. The van der Waals surface area contributed by atoms with E-state index in [1.54, 1.807) is 0 Å². The topological polar surface area (TPSA) is 0 Å². The zero-order valence-electron chi connectivity index (χ0n) is 6.78. The average Bonchev–Trinajstić information content (AvgIpc) is 1.84. The van der Waals surface area contributed by atoms with E-state index in [4.69, 9.17) is 0 Å². The third-order valence-corrected chi connectivity index (χ3v) is 2.59. The predicted octanol–water partition coefficient (Wildman–Crippen LogP) is 2.88. The normalized spacial score (nSPS) is 35.5. The maximum Gasteiger partial charge on any atom is 0.254 e. The van der Waals surface area contributed by atoms with E-state index in [0.29, 0.717) is 0 Å². The molecule has 0 nitrogen and oxygen atoms in total. The van der Waals surface area contributed by atoms with Gasteiger partial charge in [0.2, 0.25) is 0 Å². The van der Waals surface area contributed by atoms with Gasteiger partial charge in [-0.25, -0.2) is 8.78 Å². The molecule has 0 saturated heterocycles. The number of alkyl halides is 3. The van der Waals surface area contributed by atoms with Crippen LogP contribution in [0.1, 0.15) is 20.3 Å². The van der Waals surface area contributed by atoms with Crippen molar-refractivity contribution >= 4 is 0 Å². The van der Waals surface area contributed by atoms with Crippen LogP contribution in [0.25, 0.3) is 0 Å². The Morgan fingerprint density at radius 1 is 1.45 bits per heavy atom. The standard InChI is InChI=1S/C8H13F3/c1-5(2)6-3-8(10,11)7(6)4-9/h5-7H,3-4H2,1-2H3. The second-order valence-corrected chi connectivity index (χ2v) is 3.63. The molecule has 1 aliphatic rings. The molecule has 1 fully saturated rings. The molecule has 1 rings (SSSR count). The van der Waals surface area contributed by atoms with Crippen LogP contribution in [0.5, 0.6) is 0 Å². The van der Waals surface area contributed by atoms with Crippen LogP contribution < -0.4 is 0 Å². The van der Waals surface area contributed by atoms with E-state index in [1.807, 2.05) is 13.8 Å². The third-order valence-electron chi connectivity index (χ3n) is 2.59. The fourth-order valence-electron chi connectivity index (χ4n) is 1.69. The summed E-state index contributed by atoms with van der Waals surface area (Å²) < 4.78 is 37.2. The molecule has 0 radical (unpaired) electrons. The lowest BCUT2D eigenvalue weighted by Crippen LogP contribution is -2.50. The van der Waals surface area contributed by atoms with Crippen LogP contribution in [-0.4, -0.2) is 12.6 Å². The molecule has 1 saturated carbocycles. The second-order valence-electron chi connectivity index (χ2n) is 3.63. The van der Waals surface area contributed by atoms with Crippen molar-refractivity contribution in [2.75, 3.05) is 6.67 Å². The molecule has 11 heavy (non-hydrogen) atoms. The minimum absolute atomic E-state index is 0.116. The molecule has 0 heterocycles.